The van der Waals surface area contributed by atoms with E-state index in [0.29, 0.717) is 25.1 Å². The van der Waals surface area contributed by atoms with Crippen molar-refractivity contribution in [3.63, 3.8) is 0 Å². The summed E-state index contributed by atoms with van der Waals surface area (Å²) in [5, 5.41) is 6.66. The van der Waals surface area contributed by atoms with E-state index < -0.39 is 15.1 Å². The molecule has 8 heteroatoms. The molecule has 21 heavy (non-hydrogen) atoms. The van der Waals surface area contributed by atoms with E-state index in [-0.39, 0.29) is 28.8 Å². The summed E-state index contributed by atoms with van der Waals surface area (Å²) in [6, 6.07) is 0. The molecule has 1 aromatic rings. The number of hydrogen-bond donors (Lipinski definition) is 1. The van der Waals surface area contributed by atoms with Crippen molar-refractivity contribution in [3.05, 3.63) is 21.6 Å². The van der Waals surface area contributed by atoms with Crippen LogP contribution in [-0.4, -0.2) is 35.7 Å². The van der Waals surface area contributed by atoms with Crippen LogP contribution in [0.4, 0.5) is 5.69 Å². The molecule has 0 radical (unpaired) electrons. The van der Waals surface area contributed by atoms with Crippen LogP contribution in [0, 0.1) is 5.92 Å². The third-order valence-electron chi connectivity index (χ3n) is 3.51. The number of nitrogens with zero attached hydrogens (tertiary/aromatic N) is 2. The van der Waals surface area contributed by atoms with Gasteiger partial charge in [-0.05, 0) is 18.8 Å². The Bertz CT molecular complexity index is 670. The molecule has 2 heterocycles. The lowest BCUT2D eigenvalue weighted by Gasteiger charge is -2.14. The number of aromatic nitrogens is 2. The lowest BCUT2D eigenvalue weighted by molar-refractivity contribution is 0.464. The third-order valence-corrected chi connectivity index (χ3v) is 6.15. The lowest BCUT2D eigenvalue weighted by atomic mass is 10.2. The average molecular weight is 334 g/mol. The van der Waals surface area contributed by atoms with Crippen LogP contribution in [-0.2, 0) is 16.4 Å². The number of hydrogen-bond acceptors (Lipinski definition) is 5. The van der Waals surface area contributed by atoms with Crippen LogP contribution in [0.5, 0.6) is 0 Å². The van der Waals surface area contributed by atoms with Crippen molar-refractivity contribution in [2.75, 3.05) is 17.6 Å². The summed E-state index contributed by atoms with van der Waals surface area (Å²) in [4.78, 5) is 12.1. The van der Waals surface area contributed by atoms with Gasteiger partial charge in [0.25, 0.3) is 5.56 Å². The van der Waals surface area contributed by atoms with E-state index in [2.05, 4.69) is 10.4 Å². The Kier molecular flexibility index (Phi) is 4.93. The molecule has 1 atom stereocenters. The fourth-order valence-corrected chi connectivity index (χ4v) is 4.35. The smallest absolute Gasteiger partial charge is 0.287 e. The molecule has 1 unspecified atom stereocenters. The van der Waals surface area contributed by atoms with Crippen molar-refractivity contribution in [1.29, 1.82) is 0 Å². The summed E-state index contributed by atoms with van der Waals surface area (Å²) in [7, 11) is -3.01. The Morgan fingerprint density at radius 1 is 1.52 bits per heavy atom. The lowest BCUT2D eigenvalue weighted by Crippen LogP contribution is -2.28. The van der Waals surface area contributed by atoms with Gasteiger partial charge in [-0.1, -0.05) is 25.4 Å². The molecule has 1 N–H and O–H groups in total. The molecule has 1 fully saturated rings. The van der Waals surface area contributed by atoms with Crippen LogP contribution < -0.4 is 10.9 Å². The second-order valence-electron chi connectivity index (χ2n) is 5.77. The second kappa shape index (κ2) is 6.36. The summed E-state index contributed by atoms with van der Waals surface area (Å²) in [6.45, 7) is 4.73. The van der Waals surface area contributed by atoms with Gasteiger partial charge in [-0.25, -0.2) is 13.1 Å². The van der Waals surface area contributed by atoms with E-state index in [1.165, 1.54) is 10.9 Å². The first-order valence-electron chi connectivity index (χ1n) is 7.02. The van der Waals surface area contributed by atoms with E-state index >= 15 is 0 Å². The SMILES string of the molecule is CC(C)Cn1ncc(NCC2CCCS2(=O)=O)c(Cl)c1=O. The van der Waals surface area contributed by atoms with Crippen LogP contribution >= 0.6 is 11.6 Å². The highest BCUT2D eigenvalue weighted by Crippen LogP contribution is 2.22. The number of halogens is 1. The summed E-state index contributed by atoms with van der Waals surface area (Å²) in [5.74, 6) is 0.523. The maximum atomic E-state index is 12.1. The van der Waals surface area contributed by atoms with Gasteiger partial charge in [0, 0.05) is 13.1 Å². The second-order valence-corrected chi connectivity index (χ2v) is 8.54. The van der Waals surface area contributed by atoms with Crippen LogP contribution in [0.2, 0.25) is 5.02 Å². The molecule has 1 aliphatic heterocycles. The van der Waals surface area contributed by atoms with Crippen molar-refractivity contribution in [3.8, 4) is 0 Å². The zero-order chi connectivity index (χ0) is 15.6. The van der Waals surface area contributed by atoms with Gasteiger partial charge < -0.3 is 5.32 Å². The summed E-state index contributed by atoms with van der Waals surface area (Å²) in [6.07, 6.45) is 2.81. The van der Waals surface area contributed by atoms with Gasteiger partial charge in [0.15, 0.2) is 9.84 Å². The number of rotatable bonds is 5. The molecule has 1 aliphatic rings. The normalized spacial score (nSPS) is 20.9. The maximum absolute atomic E-state index is 12.1. The largest absolute Gasteiger partial charge is 0.381 e. The topological polar surface area (TPSA) is 81.1 Å². The van der Waals surface area contributed by atoms with Gasteiger partial charge in [0.2, 0.25) is 0 Å². The highest BCUT2D eigenvalue weighted by Gasteiger charge is 2.31. The molecule has 0 spiro atoms. The van der Waals surface area contributed by atoms with Crippen molar-refractivity contribution >= 4 is 27.1 Å². The molecular formula is C13H20ClN3O3S. The van der Waals surface area contributed by atoms with Crippen LogP contribution in [0.1, 0.15) is 26.7 Å². The number of sulfone groups is 1. The molecule has 0 bridgehead atoms. The molecule has 0 aliphatic carbocycles. The molecule has 1 saturated heterocycles. The van der Waals surface area contributed by atoms with Crippen molar-refractivity contribution in [2.24, 2.45) is 5.92 Å². The molecule has 0 aromatic carbocycles. The first-order valence-corrected chi connectivity index (χ1v) is 9.11. The van der Waals surface area contributed by atoms with E-state index in [4.69, 9.17) is 11.6 Å². The fourth-order valence-electron chi connectivity index (χ4n) is 2.38. The summed E-state index contributed by atoms with van der Waals surface area (Å²) < 4.78 is 24.8. The Morgan fingerprint density at radius 2 is 2.24 bits per heavy atom. The number of anilines is 1. The van der Waals surface area contributed by atoms with Crippen LogP contribution in [0.15, 0.2) is 11.0 Å². The first-order chi connectivity index (χ1) is 9.81. The fraction of sp³-hybridized carbons (Fsp3) is 0.692. The molecular weight excluding hydrogens is 314 g/mol. The van der Waals surface area contributed by atoms with Gasteiger partial charge in [0.1, 0.15) is 5.02 Å². The van der Waals surface area contributed by atoms with Crippen molar-refractivity contribution in [2.45, 2.75) is 38.5 Å². The Labute approximate surface area is 129 Å². The van der Waals surface area contributed by atoms with Crippen molar-refractivity contribution < 1.29 is 8.42 Å². The van der Waals surface area contributed by atoms with E-state index in [1.807, 2.05) is 13.8 Å². The van der Waals surface area contributed by atoms with Gasteiger partial charge in [0.05, 0.1) is 22.9 Å². The average Bonchev–Trinajstić information content (AvgIpc) is 2.73. The summed E-state index contributed by atoms with van der Waals surface area (Å²) in [5.41, 5.74) is 0.0356. The highest BCUT2D eigenvalue weighted by atomic mass is 35.5. The van der Waals surface area contributed by atoms with Crippen LogP contribution in [0.3, 0.4) is 0 Å². The monoisotopic (exact) mass is 333 g/mol. The molecule has 118 valence electrons. The van der Waals surface area contributed by atoms with E-state index in [9.17, 15) is 13.2 Å². The van der Waals surface area contributed by atoms with Gasteiger partial charge in [-0.3, -0.25) is 4.79 Å². The molecule has 0 amide bonds. The molecule has 1 aromatic heterocycles. The quantitative estimate of drug-likeness (QED) is 0.884. The maximum Gasteiger partial charge on any atom is 0.287 e. The summed E-state index contributed by atoms with van der Waals surface area (Å²) >= 11 is 6.05. The third kappa shape index (κ3) is 3.77. The molecule has 2 rings (SSSR count). The molecule has 0 saturated carbocycles. The first kappa shape index (κ1) is 16.3. The minimum absolute atomic E-state index is 0.0565. The minimum Gasteiger partial charge on any atom is -0.381 e. The zero-order valence-electron chi connectivity index (χ0n) is 12.2. The Balaban J connectivity index is 2.11. The van der Waals surface area contributed by atoms with Crippen LogP contribution in [0.25, 0.3) is 0 Å². The van der Waals surface area contributed by atoms with Gasteiger partial charge in [-0.15, -0.1) is 0 Å². The highest BCUT2D eigenvalue weighted by molar-refractivity contribution is 7.92. The Morgan fingerprint density at radius 3 is 2.81 bits per heavy atom. The predicted molar refractivity (Wildman–Crippen MR) is 83.6 cm³/mol. The standard InChI is InChI=1S/C13H20ClN3O3S/c1-9(2)8-17-13(18)12(14)11(7-16-17)15-6-10-4-3-5-21(10,19)20/h7,9-10,15H,3-6,8H2,1-2H3. The Hall–Kier alpha value is -1.08. The zero-order valence-corrected chi connectivity index (χ0v) is 13.7. The van der Waals surface area contributed by atoms with Gasteiger partial charge in [-0.2, -0.15) is 5.10 Å². The van der Waals surface area contributed by atoms with E-state index in [0.717, 1.165) is 0 Å². The minimum atomic E-state index is -3.01. The van der Waals surface area contributed by atoms with Crippen molar-refractivity contribution in [1.82, 2.24) is 9.78 Å². The van der Waals surface area contributed by atoms with Gasteiger partial charge >= 0.3 is 0 Å². The van der Waals surface area contributed by atoms with E-state index in [1.54, 1.807) is 0 Å². The number of nitrogens with one attached hydrogen (secondary N) is 1. The predicted octanol–water partition coefficient (Wildman–Crippen LogP) is 1.54. The molecule has 6 nitrogen and oxygen atoms in total.